The normalized spacial score (nSPS) is 14.9. The number of carbonyl (C=O) groups is 1. The Hall–Kier alpha value is -3.49. The summed E-state index contributed by atoms with van der Waals surface area (Å²) in [6.07, 6.45) is 1.90. The summed E-state index contributed by atoms with van der Waals surface area (Å²) in [5, 5.41) is 10.3. The van der Waals surface area contributed by atoms with Gasteiger partial charge < -0.3 is 19.6 Å². The number of rotatable bonds is 4. The predicted molar refractivity (Wildman–Crippen MR) is 121 cm³/mol. The van der Waals surface area contributed by atoms with Gasteiger partial charge in [-0.15, -0.1) is 0 Å². The fourth-order valence-electron chi connectivity index (χ4n) is 4.44. The number of methoxy groups -OCH3 is 1. The van der Waals surface area contributed by atoms with Crippen LogP contribution >= 0.6 is 0 Å². The van der Waals surface area contributed by atoms with E-state index in [0.29, 0.717) is 28.6 Å². The second kappa shape index (κ2) is 8.46. The quantitative estimate of drug-likeness (QED) is 0.554. The number of aromatic nitrogens is 2. The minimum absolute atomic E-state index is 0. The van der Waals surface area contributed by atoms with Crippen LogP contribution < -0.4 is 14.9 Å². The summed E-state index contributed by atoms with van der Waals surface area (Å²) in [5.74, 6) is -2.09. The zero-order valence-electron chi connectivity index (χ0n) is 18.0. The lowest BCUT2D eigenvalue weighted by molar-refractivity contribution is -0.0489. The molecule has 1 aliphatic carbocycles. The van der Waals surface area contributed by atoms with Gasteiger partial charge in [-0.2, -0.15) is 8.78 Å². The second-order valence-electron chi connectivity index (χ2n) is 8.76. The second-order valence-corrected chi connectivity index (χ2v) is 8.76. The molecule has 4 rings (SSSR count). The summed E-state index contributed by atoms with van der Waals surface area (Å²) in [4.78, 5) is 32.4. The van der Waals surface area contributed by atoms with Gasteiger partial charge in [-0.1, -0.05) is 34.3 Å². The number of hydrogen-bond acceptors (Lipinski definition) is 5. The number of alkyl halides is 2. The number of halogens is 2. The van der Waals surface area contributed by atoms with Crippen LogP contribution in [-0.2, 0) is 6.42 Å². The van der Waals surface area contributed by atoms with Crippen molar-refractivity contribution >= 4 is 16.9 Å². The highest BCUT2D eigenvalue weighted by molar-refractivity contribution is 5.96. The van der Waals surface area contributed by atoms with Crippen LogP contribution in [-0.4, -0.2) is 34.8 Å². The summed E-state index contributed by atoms with van der Waals surface area (Å²) in [6.45, 7) is 2.83. The molecule has 176 valence electrons. The number of nitrogens with one attached hydrogen (secondary N) is 1. The molecule has 0 spiro atoms. The van der Waals surface area contributed by atoms with Crippen LogP contribution in [0.25, 0.3) is 22.2 Å². The van der Waals surface area contributed by atoms with E-state index < -0.39 is 29.0 Å². The number of aromatic carboxylic acids is 1. The number of fused-ring (bicyclic) bond motifs is 5. The summed E-state index contributed by atoms with van der Waals surface area (Å²) in [5.41, 5.74) is 0.645. The maximum Gasteiger partial charge on any atom is 0.387 e. The Morgan fingerprint density at radius 3 is 2.61 bits per heavy atom. The van der Waals surface area contributed by atoms with E-state index in [0.717, 1.165) is 5.56 Å². The van der Waals surface area contributed by atoms with Crippen LogP contribution in [0.3, 0.4) is 0 Å². The van der Waals surface area contributed by atoms with Gasteiger partial charge in [-0.3, -0.25) is 9.78 Å². The minimum Gasteiger partial charge on any atom is -0.482 e. The van der Waals surface area contributed by atoms with Gasteiger partial charge in [0, 0.05) is 22.7 Å². The van der Waals surface area contributed by atoms with E-state index in [1.807, 2.05) is 20.8 Å². The standard InChI is InChI=1S/C23H22F2N2O5.CH4/c1-23(2,3)13-8-11-10-6-5-7-26-17(10)14(32-22(24)25)9-12(11)18-15(13)19(28)16(21(29)30)20(27-18)31-4;/h5-7,9,13,22H,8H2,1-4H3,(H,27,28)(H,29,30);1H4. The molecular formula is C24H26F2N2O5. The van der Waals surface area contributed by atoms with E-state index >= 15 is 0 Å². The van der Waals surface area contributed by atoms with E-state index in [2.05, 4.69) is 9.97 Å². The maximum absolute atomic E-state index is 13.4. The summed E-state index contributed by atoms with van der Waals surface area (Å²) >= 11 is 0. The Labute approximate surface area is 189 Å². The Morgan fingerprint density at radius 1 is 1.33 bits per heavy atom. The Bertz CT molecular complexity index is 1290. The van der Waals surface area contributed by atoms with Gasteiger partial charge in [-0.25, -0.2) is 4.79 Å². The number of nitrogens with zero attached hydrogens (tertiary/aromatic N) is 1. The van der Waals surface area contributed by atoms with E-state index in [1.165, 1.54) is 19.4 Å². The first-order valence-corrected chi connectivity index (χ1v) is 9.97. The Kier molecular flexibility index (Phi) is 6.19. The molecule has 0 fully saturated rings. The molecule has 1 aromatic carbocycles. The van der Waals surface area contributed by atoms with Crippen LogP contribution in [0, 0.1) is 5.41 Å². The Balaban J connectivity index is 0.00000306. The molecule has 2 aromatic heterocycles. The number of aromatic amines is 1. The molecule has 0 bridgehead atoms. The van der Waals surface area contributed by atoms with Crippen molar-refractivity contribution in [2.45, 2.75) is 47.1 Å². The molecule has 0 saturated heterocycles. The molecule has 7 nitrogen and oxygen atoms in total. The highest BCUT2D eigenvalue weighted by atomic mass is 19.3. The fraction of sp³-hybridized carbons (Fsp3) is 0.375. The molecule has 0 saturated carbocycles. The van der Waals surface area contributed by atoms with Gasteiger partial charge in [0.1, 0.15) is 5.52 Å². The summed E-state index contributed by atoms with van der Waals surface area (Å²) in [6, 6.07) is 4.89. The van der Waals surface area contributed by atoms with E-state index in [-0.39, 0.29) is 30.5 Å². The van der Waals surface area contributed by atoms with Crippen molar-refractivity contribution in [3.63, 3.8) is 0 Å². The van der Waals surface area contributed by atoms with Gasteiger partial charge in [0.2, 0.25) is 11.3 Å². The first kappa shape index (κ1) is 24.2. The topological polar surface area (TPSA) is 102 Å². The summed E-state index contributed by atoms with van der Waals surface area (Å²) < 4.78 is 36.2. The third-order valence-corrected chi connectivity index (χ3v) is 5.88. The highest BCUT2D eigenvalue weighted by Crippen LogP contribution is 2.49. The number of hydrogen-bond donors (Lipinski definition) is 2. The largest absolute Gasteiger partial charge is 0.482 e. The zero-order valence-corrected chi connectivity index (χ0v) is 18.0. The van der Waals surface area contributed by atoms with Crippen molar-refractivity contribution in [3.05, 3.63) is 51.3 Å². The molecule has 1 unspecified atom stereocenters. The van der Waals surface area contributed by atoms with Crippen molar-refractivity contribution in [3.8, 4) is 22.9 Å². The van der Waals surface area contributed by atoms with Crippen molar-refractivity contribution in [2.24, 2.45) is 5.41 Å². The van der Waals surface area contributed by atoms with Gasteiger partial charge in [0.15, 0.2) is 11.3 Å². The number of ether oxygens (including phenoxy) is 2. The number of benzene rings is 1. The van der Waals surface area contributed by atoms with Crippen LogP contribution in [0.5, 0.6) is 11.6 Å². The molecular weight excluding hydrogens is 434 g/mol. The first-order valence-electron chi connectivity index (χ1n) is 9.97. The molecule has 33 heavy (non-hydrogen) atoms. The smallest absolute Gasteiger partial charge is 0.387 e. The van der Waals surface area contributed by atoms with Crippen LogP contribution in [0.4, 0.5) is 8.78 Å². The Morgan fingerprint density at radius 2 is 2.03 bits per heavy atom. The highest BCUT2D eigenvalue weighted by Gasteiger charge is 2.39. The molecule has 1 aliphatic rings. The lowest BCUT2D eigenvalue weighted by atomic mass is 9.68. The van der Waals surface area contributed by atoms with Gasteiger partial charge in [-0.05, 0) is 35.4 Å². The lowest BCUT2D eigenvalue weighted by Crippen LogP contribution is -2.33. The van der Waals surface area contributed by atoms with E-state index in [1.54, 1.807) is 12.1 Å². The molecule has 0 radical (unpaired) electrons. The number of carboxylic acid groups (broad SMARTS) is 1. The minimum atomic E-state index is -3.06. The molecule has 2 N–H and O–H groups in total. The monoisotopic (exact) mass is 460 g/mol. The van der Waals surface area contributed by atoms with Gasteiger partial charge in [0.25, 0.3) is 0 Å². The molecule has 2 heterocycles. The zero-order chi connectivity index (χ0) is 23.4. The van der Waals surface area contributed by atoms with Crippen LogP contribution in [0.1, 0.15) is 55.6 Å². The number of pyridine rings is 2. The van der Waals surface area contributed by atoms with E-state index in [4.69, 9.17) is 9.47 Å². The average Bonchev–Trinajstić information content (AvgIpc) is 2.71. The number of H-pyrrole nitrogens is 1. The molecule has 9 heteroatoms. The predicted octanol–water partition coefficient (Wildman–Crippen LogP) is 5.22. The first-order chi connectivity index (χ1) is 15.0. The maximum atomic E-state index is 13.4. The fourth-order valence-corrected chi connectivity index (χ4v) is 4.44. The van der Waals surface area contributed by atoms with Gasteiger partial charge in [0.05, 0.1) is 12.8 Å². The summed E-state index contributed by atoms with van der Waals surface area (Å²) in [7, 11) is 1.25. The van der Waals surface area contributed by atoms with Crippen molar-refractivity contribution in [1.82, 2.24) is 9.97 Å². The van der Waals surface area contributed by atoms with Gasteiger partial charge >= 0.3 is 12.6 Å². The van der Waals surface area contributed by atoms with Crippen LogP contribution in [0.2, 0.25) is 0 Å². The average molecular weight is 460 g/mol. The van der Waals surface area contributed by atoms with Crippen molar-refractivity contribution in [2.75, 3.05) is 7.11 Å². The molecule has 1 atom stereocenters. The number of carboxylic acids is 1. The van der Waals surface area contributed by atoms with Crippen molar-refractivity contribution in [1.29, 1.82) is 0 Å². The SMILES string of the molecule is C.COc1[nH]c2c(c(=O)c1C(=O)O)C(C(C)(C)C)Cc1c-2cc(OC(F)F)c2ncccc12. The third kappa shape index (κ3) is 3.92. The third-order valence-electron chi connectivity index (χ3n) is 5.88. The molecule has 0 amide bonds. The molecule has 0 aliphatic heterocycles. The van der Waals surface area contributed by atoms with Crippen LogP contribution in [0.15, 0.2) is 29.2 Å². The van der Waals surface area contributed by atoms with E-state index in [9.17, 15) is 23.5 Å². The van der Waals surface area contributed by atoms with Crippen molar-refractivity contribution < 1.29 is 28.2 Å². The lowest BCUT2D eigenvalue weighted by Gasteiger charge is -2.37. The molecule has 3 aromatic rings.